The molecule has 1 aromatic heterocycles. The van der Waals surface area contributed by atoms with E-state index in [0.29, 0.717) is 16.6 Å². The zero-order chi connectivity index (χ0) is 15.1. The van der Waals surface area contributed by atoms with E-state index in [1.807, 2.05) is 0 Å². The van der Waals surface area contributed by atoms with E-state index in [1.165, 1.54) is 11.0 Å². The molecule has 108 valence electrons. The number of hydrogen-bond acceptors (Lipinski definition) is 6. The van der Waals surface area contributed by atoms with Crippen LogP contribution in [0.2, 0.25) is 0 Å². The number of fused-ring (bicyclic) bond motifs is 1. The number of nitrogen functional groups attached to an aromatic ring is 1. The third-order valence-corrected chi connectivity index (χ3v) is 3.41. The Kier molecular flexibility index (Phi) is 2.86. The second-order valence-electron chi connectivity index (χ2n) is 4.88. The van der Waals surface area contributed by atoms with Crippen molar-refractivity contribution in [3.05, 3.63) is 28.6 Å². The van der Waals surface area contributed by atoms with Gasteiger partial charge in [-0.3, -0.25) is 24.7 Å². The minimum absolute atomic E-state index is 0.0453. The highest BCUT2D eigenvalue weighted by molar-refractivity contribution is 6.04. The number of nitrogens with two attached hydrogens (primary N) is 1. The lowest BCUT2D eigenvalue weighted by atomic mass is 10.2. The number of hydrogen-bond donors (Lipinski definition) is 3. The first-order valence-corrected chi connectivity index (χ1v) is 6.35. The molecule has 1 aliphatic heterocycles. The lowest BCUT2D eigenvalue weighted by Crippen LogP contribution is -2.57. The summed E-state index contributed by atoms with van der Waals surface area (Å²) in [5, 5.41) is 2.59. The van der Waals surface area contributed by atoms with Gasteiger partial charge >= 0.3 is 0 Å². The Bertz CT molecular complexity index is 813. The Balaban J connectivity index is 2.12. The summed E-state index contributed by atoms with van der Waals surface area (Å²) in [5.74, 6) is -0.669. The zero-order valence-electron chi connectivity index (χ0n) is 11.2. The van der Waals surface area contributed by atoms with Crippen LogP contribution in [-0.2, 0) is 9.59 Å². The van der Waals surface area contributed by atoms with Gasteiger partial charge in [-0.1, -0.05) is 0 Å². The molecule has 0 bridgehead atoms. The van der Waals surface area contributed by atoms with Gasteiger partial charge in [0.2, 0.25) is 17.8 Å². The van der Waals surface area contributed by atoms with Gasteiger partial charge in [0.1, 0.15) is 12.6 Å². The van der Waals surface area contributed by atoms with Crippen LogP contribution in [0.5, 0.6) is 0 Å². The van der Waals surface area contributed by atoms with Gasteiger partial charge in [-0.25, -0.2) is 4.98 Å². The van der Waals surface area contributed by atoms with Gasteiger partial charge in [0, 0.05) is 5.69 Å². The van der Waals surface area contributed by atoms with E-state index >= 15 is 0 Å². The number of rotatable bonds is 1. The van der Waals surface area contributed by atoms with Crippen molar-refractivity contribution in [3.8, 4) is 0 Å². The predicted molar refractivity (Wildman–Crippen MR) is 76.7 cm³/mol. The number of imide groups is 1. The average Bonchev–Trinajstić information content (AvgIpc) is 2.43. The molecule has 8 nitrogen and oxygen atoms in total. The summed E-state index contributed by atoms with van der Waals surface area (Å²) in [7, 11) is 0. The molecule has 8 heteroatoms. The summed E-state index contributed by atoms with van der Waals surface area (Å²) in [6, 6.07) is 4.19. The van der Waals surface area contributed by atoms with E-state index < -0.39 is 17.9 Å². The lowest BCUT2D eigenvalue weighted by molar-refractivity contribution is -0.132. The van der Waals surface area contributed by atoms with Gasteiger partial charge in [-0.15, -0.1) is 0 Å². The van der Waals surface area contributed by atoms with Crippen LogP contribution in [0.4, 0.5) is 11.6 Å². The molecule has 0 spiro atoms. The number of anilines is 2. The molecule has 2 amide bonds. The molecule has 1 unspecified atom stereocenters. The van der Waals surface area contributed by atoms with Crippen LogP contribution >= 0.6 is 0 Å². The Morgan fingerprint density at radius 1 is 1.33 bits per heavy atom. The van der Waals surface area contributed by atoms with Gasteiger partial charge in [-0.05, 0) is 25.1 Å². The van der Waals surface area contributed by atoms with E-state index in [9.17, 15) is 14.4 Å². The van der Waals surface area contributed by atoms with Gasteiger partial charge in [0.05, 0.1) is 10.9 Å². The van der Waals surface area contributed by atoms with E-state index in [4.69, 9.17) is 5.73 Å². The number of carbonyl (C=O) groups excluding carboxylic acids is 2. The number of carbonyl (C=O) groups is 2. The predicted octanol–water partition coefficient (Wildman–Crippen LogP) is -0.643. The maximum Gasteiger partial charge on any atom is 0.260 e. The van der Waals surface area contributed by atoms with Crippen molar-refractivity contribution in [1.82, 2.24) is 15.3 Å². The quantitative estimate of drug-likeness (QED) is 0.473. The van der Waals surface area contributed by atoms with Crippen LogP contribution in [0.15, 0.2) is 23.0 Å². The van der Waals surface area contributed by atoms with Gasteiger partial charge in [0.25, 0.3) is 5.56 Å². The van der Waals surface area contributed by atoms with E-state index in [0.717, 1.165) is 0 Å². The van der Waals surface area contributed by atoms with Crippen LogP contribution in [0.1, 0.15) is 6.92 Å². The summed E-state index contributed by atoms with van der Waals surface area (Å²) in [6.45, 7) is 1.59. The Morgan fingerprint density at radius 3 is 2.86 bits per heavy atom. The Labute approximate surface area is 119 Å². The standard InChI is InChI=1S/C13H13N5O3/c1-6-11(20)16-10(19)5-18(6)13-15-9-3-2-7(14)4-8(9)12(21)17-13/h2-4,6H,5,14H2,1H3,(H,15,17,21)(H,16,19,20). The van der Waals surface area contributed by atoms with Crippen molar-refractivity contribution in [3.63, 3.8) is 0 Å². The maximum absolute atomic E-state index is 12.1. The van der Waals surface area contributed by atoms with Crippen molar-refractivity contribution in [1.29, 1.82) is 0 Å². The number of amides is 2. The van der Waals surface area contributed by atoms with Crippen LogP contribution in [0.25, 0.3) is 10.9 Å². The normalized spacial score (nSPS) is 18.9. The lowest BCUT2D eigenvalue weighted by Gasteiger charge is -2.31. The van der Waals surface area contributed by atoms with Crippen molar-refractivity contribution in [2.45, 2.75) is 13.0 Å². The molecule has 1 atom stereocenters. The zero-order valence-corrected chi connectivity index (χ0v) is 11.2. The first-order valence-electron chi connectivity index (χ1n) is 6.35. The highest BCUT2D eigenvalue weighted by Gasteiger charge is 2.31. The number of benzene rings is 1. The molecule has 0 saturated carbocycles. The van der Waals surface area contributed by atoms with Crippen molar-refractivity contribution in [2.24, 2.45) is 0 Å². The molecule has 0 aliphatic carbocycles. The van der Waals surface area contributed by atoms with Crippen LogP contribution in [0, 0.1) is 0 Å². The summed E-state index contributed by atoms with van der Waals surface area (Å²) in [6.07, 6.45) is 0. The third kappa shape index (κ3) is 2.20. The third-order valence-electron chi connectivity index (χ3n) is 3.41. The molecule has 0 radical (unpaired) electrons. The number of H-pyrrole nitrogens is 1. The monoisotopic (exact) mass is 287 g/mol. The molecule has 3 rings (SSSR count). The van der Waals surface area contributed by atoms with Gasteiger partial charge in [-0.2, -0.15) is 0 Å². The molecular weight excluding hydrogens is 274 g/mol. The number of aromatic nitrogens is 2. The van der Waals surface area contributed by atoms with Gasteiger partial charge < -0.3 is 10.6 Å². The first kappa shape index (κ1) is 13.1. The number of nitrogens with one attached hydrogen (secondary N) is 2. The van der Waals surface area contributed by atoms with E-state index in [-0.39, 0.29) is 18.1 Å². The highest BCUT2D eigenvalue weighted by atomic mass is 16.2. The molecule has 21 heavy (non-hydrogen) atoms. The van der Waals surface area contributed by atoms with Crippen LogP contribution < -0.4 is 21.5 Å². The van der Waals surface area contributed by atoms with Crippen molar-refractivity contribution < 1.29 is 9.59 Å². The van der Waals surface area contributed by atoms with Crippen LogP contribution in [-0.4, -0.2) is 34.4 Å². The molecular formula is C13H13N5O3. The second kappa shape index (κ2) is 4.58. The SMILES string of the molecule is CC1C(=O)NC(=O)CN1c1nc2ccc(N)cc2c(=O)[nH]1. The van der Waals surface area contributed by atoms with Crippen molar-refractivity contribution >= 4 is 34.4 Å². The Hall–Kier alpha value is -2.90. The maximum atomic E-state index is 12.1. The molecule has 2 aromatic rings. The Morgan fingerprint density at radius 2 is 2.10 bits per heavy atom. The van der Waals surface area contributed by atoms with E-state index in [1.54, 1.807) is 19.1 Å². The highest BCUT2D eigenvalue weighted by Crippen LogP contribution is 2.17. The average molecular weight is 287 g/mol. The largest absolute Gasteiger partial charge is 0.399 e. The molecule has 2 heterocycles. The summed E-state index contributed by atoms with van der Waals surface area (Å²) < 4.78 is 0. The van der Waals surface area contributed by atoms with Crippen LogP contribution in [0.3, 0.4) is 0 Å². The number of aromatic amines is 1. The fourth-order valence-corrected chi connectivity index (χ4v) is 2.25. The number of nitrogens with zero attached hydrogens (tertiary/aromatic N) is 2. The summed E-state index contributed by atoms with van der Waals surface area (Å²) >= 11 is 0. The summed E-state index contributed by atoms with van der Waals surface area (Å²) in [5.41, 5.74) is 6.19. The fourth-order valence-electron chi connectivity index (χ4n) is 2.25. The molecule has 1 saturated heterocycles. The molecule has 1 fully saturated rings. The van der Waals surface area contributed by atoms with Crippen molar-refractivity contribution in [2.75, 3.05) is 17.2 Å². The van der Waals surface area contributed by atoms with E-state index in [2.05, 4.69) is 15.3 Å². The minimum Gasteiger partial charge on any atom is -0.399 e. The second-order valence-corrected chi connectivity index (χ2v) is 4.88. The molecule has 1 aromatic carbocycles. The first-order chi connectivity index (χ1) is 9.95. The molecule has 4 N–H and O–H groups in total. The number of piperazine rings is 1. The topological polar surface area (TPSA) is 121 Å². The molecule has 1 aliphatic rings. The van der Waals surface area contributed by atoms with Gasteiger partial charge in [0.15, 0.2) is 0 Å². The summed E-state index contributed by atoms with van der Waals surface area (Å²) in [4.78, 5) is 43.6. The smallest absolute Gasteiger partial charge is 0.260 e. The minimum atomic E-state index is -0.600. The fraction of sp³-hybridized carbons (Fsp3) is 0.231.